The predicted octanol–water partition coefficient (Wildman–Crippen LogP) is 4.20. The Labute approximate surface area is 143 Å². The minimum absolute atomic E-state index is 0.0895. The van der Waals surface area contributed by atoms with E-state index in [4.69, 9.17) is 0 Å². The number of halogens is 4. The van der Waals surface area contributed by atoms with Crippen LogP contribution in [0, 0.1) is 12.8 Å². The lowest BCUT2D eigenvalue weighted by Gasteiger charge is -2.44. The highest BCUT2D eigenvalue weighted by molar-refractivity contribution is 5.95. The average Bonchev–Trinajstić information content (AvgIpc) is 2.93. The fraction of sp³-hybridized carbons (Fsp3) is 0.765. The van der Waals surface area contributed by atoms with Crippen molar-refractivity contribution < 1.29 is 22.4 Å². The minimum Gasteiger partial charge on any atom is -0.310 e. The zero-order valence-corrected chi connectivity index (χ0v) is 14.2. The maximum atomic E-state index is 13.4. The first-order chi connectivity index (χ1) is 11.5. The number of amides is 1. The van der Waals surface area contributed by atoms with Crippen molar-refractivity contribution in [2.24, 2.45) is 5.92 Å². The van der Waals surface area contributed by atoms with Crippen LogP contribution in [0.5, 0.6) is 0 Å². The largest absolute Gasteiger partial charge is 0.310 e. The Morgan fingerprint density at radius 3 is 2.28 bits per heavy atom. The number of anilines is 1. The summed E-state index contributed by atoms with van der Waals surface area (Å²) in [6, 6.07) is 0.0895. The third-order valence-corrected chi connectivity index (χ3v) is 5.82. The van der Waals surface area contributed by atoms with Crippen LogP contribution in [-0.4, -0.2) is 27.5 Å². The van der Waals surface area contributed by atoms with Crippen molar-refractivity contribution in [1.82, 2.24) is 9.78 Å². The summed E-state index contributed by atoms with van der Waals surface area (Å²) in [5.41, 5.74) is 0.413. The molecular weight excluding hydrogens is 338 g/mol. The molecule has 1 heterocycles. The van der Waals surface area contributed by atoms with Gasteiger partial charge >= 0.3 is 0 Å². The molecule has 1 aromatic rings. The summed E-state index contributed by atoms with van der Waals surface area (Å²) in [5, 5.41) is 7.14. The molecule has 0 bridgehead atoms. The number of nitrogens with zero attached hydrogens (tertiary/aromatic N) is 2. The van der Waals surface area contributed by atoms with Gasteiger partial charge < -0.3 is 5.32 Å². The van der Waals surface area contributed by atoms with Crippen molar-refractivity contribution in [1.29, 1.82) is 0 Å². The fourth-order valence-electron chi connectivity index (χ4n) is 4.10. The molecule has 1 aromatic heterocycles. The molecule has 8 heteroatoms. The summed E-state index contributed by atoms with van der Waals surface area (Å²) >= 11 is 0. The number of carbonyl (C=O) groups is 1. The SMILES string of the molecule is Cc1c(C2(C)CC(F)(F)C2)nn(C2CCC2)c1NC(=O)[C@@H]1CC1(F)F. The Morgan fingerprint density at radius 1 is 1.24 bits per heavy atom. The van der Waals surface area contributed by atoms with E-state index in [1.165, 1.54) is 0 Å². The molecule has 1 amide bonds. The Morgan fingerprint density at radius 2 is 1.84 bits per heavy atom. The molecule has 3 aliphatic rings. The third-order valence-electron chi connectivity index (χ3n) is 5.82. The van der Waals surface area contributed by atoms with Crippen molar-refractivity contribution in [2.45, 2.75) is 75.7 Å². The maximum Gasteiger partial charge on any atom is 0.260 e. The Balaban J connectivity index is 1.64. The summed E-state index contributed by atoms with van der Waals surface area (Å²) in [4.78, 5) is 12.1. The number of hydrogen-bond donors (Lipinski definition) is 1. The van der Waals surface area contributed by atoms with E-state index in [2.05, 4.69) is 10.4 Å². The summed E-state index contributed by atoms with van der Waals surface area (Å²) in [6.07, 6.45) is 1.80. The molecule has 4 nitrogen and oxygen atoms in total. The first-order valence-corrected chi connectivity index (χ1v) is 8.69. The van der Waals surface area contributed by atoms with E-state index in [1.807, 2.05) is 0 Å². The molecule has 0 saturated heterocycles. The average molecular weight is 359 g/mol. The van der Waals surface area contributed by atoms with Gasteiger partial charge in [0.1, 0.15) is 11.7 Å². The van der Waals surface area contributed by atoms with Crippen LogP contribution in [0.2, 0.25) is 0 Å². The van der Waals surface area contributed by atoms with E-state index in [-0.39, 0.29) is 18.9 Å². The lowest BCUT2D eigenvalue weighted by molar-refractivity contribution is -0.122. The zero-order chi connectivity index (χ0) is 18.2. The van der Waals surface area contributed by atoms with E-state index >= 15 is 0 Å². The number of alkyl halides is 4. The molecular formula is C17H21F4N3O. The summed E-state index contributed by atoms with van der Waals surface area (Å²) in [5.74, 6) is -7.26. The van der Waals surface area contributed by atoms with E-state index in [0.717, 1.165) is 19.3 Å². The van der Waals surface area contributed by atoms with Gasteiger partial charge in [-0.1, -0.05) is 6.92 Å². The molecule has 138 valence electrons. The lowest BCUT2D eigenvalue weighted by atomic mass is 9.65. The third kappa shape index (κ3) is 2.64. The molecule has 0 unspecified atom stereocenters. The van der Waals surface area contributed by atoms with Crippen LogP contribution in [-0.2, 0) is 10.2 Å². The van der Waals surface area contributed by atoms with Crippen molar-refractivity contribution in [3.8, 4) is 0 Å². The number of carbonyl (C=O) groups excluding carboxylic acids is 1. The van der Waals surface area contributed by atoms with Gasteiger partial charge in [-0.3, -0.25) is 4.79 Å². The summed E-state index contributed by atoms with van der Waals surface area (Å²) in [7, 11) is 0. The molecule has 25 heavy (non-hydrogen) atoms. The van der Waals surface area contributed by atoms with Gasteiger partial charge in [-0.05, 0) is 26.2 Å². The highest BCUT2D eigenvalue weighted by Gasteiger charge is 2.61. The van der Waals surface area contributed by atoms with E-state index in [1.54, 1.807) is 18.5 Å². The van der Waals surface area contributed by atoms with Crippen molar-refractivity contribution in [2.75, 3.05) is 5.32 Å². The second-order valence-electron chi connectivity index (χ2n) is 8.13. The first kappa shape index (κ1) is 16.8. The van der Waals surface area contributed by atoms with Crippen molar-refractivity contribution in [3.63, 3.8) is 0 Å². The minimum atomic E-state index is -2.94. The Hall–Kier alpha value is -1.60. The van der Waals surface area contributed by atoms with Gasteiger partial charge in [0.2, 0.25) is 11.8 Å². The van der Waals surface area contributed by atoms with Gasteiger partial charge in [-0.25, -0.2) is 22.2 Å². The molecule has 0 radical (unpaired) electrons. The maximum absolute atomic E-state index is 13.4. The van der Waals surface area contributed by atoms with Gasteiger partial charge in [0.25, 0.3) is 5.92 Å². The van der Waals surface area contributed by atoms with Crippen LogP contribution >= 0.6 is 0 Å². The fourth-order valence-corrected chi connectivity index (χ4v) is 4.10. The van der Waals surface area contributed by atoms with Crippen molar-refractivity contribution in [3.05, 3.63) is 11.3 Å². The number of nitrogens with one attached hydrogen (secondary N) is 1. The topological polar surface area (TPSA) is 46.9 Å². The molecule has 0 aromatic carbocycles. The molecule has 3 aliphatic carbocycles. The van der Waals surface area contributed by atoms with Gasteiger partial charge in [0.15, 0.2) is 0 Å². The molecule has 1 N–H and O–H groups in total. The van der Waals surface area contributed by atoms with Gasteiger partial charge in [0, 0.05) is 30.2 Å². The summed E-state index contributed by atoms with van der Waals surface area (Å²) in [6.45, 7) is 3.46. The van der Waals surface area contributed by atoms with Gasteiger partial charge in [0.05, 0.1) is 11.7 Å². The standard InChI is InChI=1S/C17H21F4N3O/c1-9-12(15(2)7-16(18,19)8-15)23-24(10-4-3-5-10)13(9)22-14(25)11-6-17(11,20)21/h10-11H,3-8H2,1-2H3,(H,22,25)/t11-/m0/s1. The molecule has 3 saturated carbocycles. The monoisotopic (exact) mass is 359 g/mol. The molecule has 0 aliphatic heterocycles. The zero-order valence-electron chi connectivity index (χ0n) is 14.2. The number of rotatable bonds is 4. The van der Waals surface area contributed by atoms with E-state index in [9.17, 15) is 22.4 Å². The Kier molecular flexibility index (Phi) is 3.35. The second kappa shape index (κ2) is 4.98. The van der Waals surface area contributed by atoms with Crippen molar-refractivity contribution >= 4 is 11.7 Å². The lowest BCUT2D eigenvalue weighted by Crippen LogP contribution is -2.47. The van der Waals surface area contributed by atoms with Gasteiger partial charge in [-0.2, -0.15) is 5.10 Å². The summed E-state index contributed by atoms with van der Waals surface area (Å²) < 4.78 is 54.8. The first-order valence-electron chi connectivity index (χ1n) is 8.69. The highest BCUT2D eigenvalue weighted by atomic mass is 19.3. The quantitative estimate of drug-likeness (QED) is 0.819. The smallest absolute Gasteiger partial charge is 0.260 e. The second-order valence-corrected chi connectivity index (χ2v) is 8.13. The van der Waals surface area contributed by atoms with Crippen LogP contribution in [0.4, 0.5) is 23.4 Å². The van der Waals surface area contributed by atoms with E-state index < -0.39 is 35.5 Å². The molecule has 4 rings (SSSR count). The normalized spacial score (nSPS) is 28.8. The van der Waals surface area contributed by atoms with Crippen LogP contribution in [0.1, 0.15) is 62.7 Å². The number of aromatic nitrogens is 2. The molecule has 1 atom stereocenters. The highest BCUT2D eigenvalue weighted by Crippen LogP contribution is 2.55. The molecule has 3 fully saturated rings. The Bertz CT molecular complexity index is 730. The molecule has 0 spiro atoms. The van der Waals surface area contributed by atoms with Crippen LogP contribution in [0.25, 0.3) is 0 Å². The number of hydrogen-bond acceptors (Lipinski definition) is 2. The van der Waals surface area contributed by atoms with Crippen LogP contribution < -0.4 is 5.32 Å². The predicted molar refractivity (Wildman–Crippen MR) is 83.1 cm³/mol. The van der Waals surface area contributed by atoms with Crippen LogP contribution in [0.3, 0.4) is 0 Å². The van der Waals surface area contributed by atoms with Crippen LogP contribution in [0.15, 0.2) is 0 Å². The van der Waals surface area contributed by atoms with Gasteiger partial charge in [-0.15, -0.1) is 0 Å². The van der Waals surface area contributed by atoms with E-state index in [0.29, 0.717) is 17.1 Å².